The Morgan fingerprint density at radius 2 is 1.92 bits per heavy atom. The lowest BCUT2D eigenvalue weighted by molar-refractivity contribution is 0.0739. The van der Waals surface area contributed by atoms with Crippen molar-refractivity contribution >= 4 is 5.91 Å². The van der Waals surface area contributed by atoms with E-state index in [-0.39, 0.29) is 30.2 Å². The summed E-state index contributed by atoms with van der Waals surface area (Å²) >= 11 is 0. The third-order valence-corrected chi connectivity index (χ3v) is 4.37. The molecule has 1 aliphatic rings. The predicted octanol–water partition coefficient (Wildman–Crippen LogP) is 3.78. The number of nitrogens with zero attached hydrogens (tertiary/aromatic N) is 4. The van der Waals surface area contributed by atoms with Crippen molar-refractivity contribution in [2.45, 2.75) is 32.6 Å². The molecule has 3 rings (SSSR count). The molecule has 0 aromatic carbocycles. The second kappa shape index (κ2) is 7.13. The van der Waals surface area contributed by atoms with Crippen LogP contribution < -0.4 is 0 Å². The molecule has 132 valence electrons. The molecular weight excluding hydrogens is 326 g/mol. The van der Waals surface area contributed by atoms with E-state index in [1.54, 1.807) is 22.0 Å². The van der Waals surface area contributed by atoms with Gasteiger partial charge in [0, 0.05) is 19.3 Å². The molecule has 0 bridgehead atoms. The second-order valence-corrected chi connectivity index (χ2v) is 6.35. The molecule has 1 fully saturated rings. The second-order valence-electron chi connectivity index (χ2n) is 6.35. The minimum atomic E-state index is -1.61. The van der Waals surface area contributed by atoms with Gasteiger partial charge in [0.2, 0.25) is 0 Å². The molecule has 5 nitrogen and oxygen atoms in total. The van der Waals surface area contributed by atoms with Crippen molar-refractivity contribution in [2.75, 3.05) is 13.1 Å². The fourth-order valence-electron chi connectivity index (χ4n) is 3.08. The summed E-state index contributed by atoms with van der Waals surface area (Å²) in [5.41, 5.74) is 1.44. The maximum atomic E-state index is 12.9. The summed E-state index contributed by atoms with van der Waals surface area (Å²) in [6.45, 7) is 4.58. The molecule has 7 heteroatoms. The highest BCUT2D eigenvalue weighted by Gasteiger charge is 2.27. The molecule has 1 saturated heterocycles. The quantitative estimate of drug-likeness (QED) is 0.850. The number of amides is 1. The van der Waals surface area contributed by atoms with Gasteiger partial charge in [-0.3, -0.25) is 4.79 Å². The topological polar surface area (TPSA) is 51.0 Å². The van der Waals surface area contributed by atoms with Gasteiger partial charge in [-0.15, -0.1) is 0 Å². The minimum Gasteiger partial charge on any atom is -0.338 e. The molecule has 1 amide bonds. The van der Waals surface area contributed by atoms with Gasteiger partial charge in [-0.25, -0.2) is 9.67 Å². The van der Waals surface area contributed by atoms with Crippen molar-refractivity contribution < 1.29 is 13.6 Å². The molecule has 25 heavy (non-hydrogen) atoms. The molecular formula is C18H20F2N4O. The van der Waals surface area contributed by atoms with E-state index in [0.717, 1.165) is 5.69 Å². The summed E-state index contributed by atoms with van der Waals surface area (Å²) in [7, 11) is 0. The number of aromatic nitrogens is 3. The van der Waals surface area contributed by atoms with E-state index in [2.05, 4.69) is 10.1 Å². The first-order valence-corrected chi connectivity index (χ1v) is 8.30. The number of hydrogen-bond acceptors (Lipinski definition) is 3. The largest absolute Gasteiger partial charge is 0.338 e. The Morgan fingerprint density at radius 1 is 1.20 bits per heavy atom. The number of piperidine rings is 1. The summed E-state index contributed by atoms with van der Waals surface area (Å²) in [6.07, 6.45) is 2.05. The number of carbonyl (C=O) groups is 1. The summed E-state index contributed by atoms with van der Waals surface area (Å²) in [5.74, 6) is 0.546. The van der Waals surface area contributed by atoms with Crippen molar-refractivity contribution in [2.24, 2.45) is 0 Å². The Labute approximate surface area is 145 Å². The molecule has 0 radical (unpaired) electrons. The first kappa shape index (κ1) is 17.3. The van der Waals surface area contributed by atoms with Crippen LogP contribution in [-0.2, 0) is 0 Å². The molecule has 0 spiro atoms. The van der Waals surface area contributed by atoms with E-state index in [1.807, 2.05) is 32.0 Å². The summed E-state index contributed by atoms with van der Waals surface area (Å²) in [5, 5.41) is 4.34. The Kier molecular flexibility index (Phi) is 4.92. The standard InChI is InChI=1S/C18H20F2N4O/c1-12(2)16-14(11-22-24(16)15-5-3-4-8-21-15)18(25)23-9-6-13(7-10-23)17(19)20/h3-5,8,11-12H,6-7,9-10H2,1-2H3. The van der Waals surface area contributed by atoms with Crippen LogP contribution in [0.2, 0.25) is 0 Å². The fourth-order valence-corrected chi connectivity index (χ4v) is 3.08. The predicted molar refractivity (Wildman–Crippen MR) is 89.8 cm³/mol. The number of hydrogen-bond donors (Lipinski definition) is 0. The molecule has 3 heterocycles. The smallest absolute Gasteiger partial charge is 0.269 e. The van der Waals surface area contributed by atoms with Crippen LogP contribution in [0, 0.1) is 0 Å². The molecule has 2 aromatic rings. The Hall–Kier alpha value is -2.57. The molecule has 2 aromatic heterocycles. The normalized spacial score (nSPS) is 14.9. The third kappa shape index (κ3) is 3.45. The van der Waals surface area contributed by atoms with Crippen LogP contribution in [0.5, 0.6) is 0 Å². The van der Waals surface area contributed by atoms with E-state index in [4.69, 9.17) is 0 Å². The van der Waals surface area contributed by atoms with Crippen LogP contribution in [-0.4, -0.2) is 38.7 Å². The van der Waals surface area contributed by atoms with E-state index in [0.29, 0.717) is 24.5 Å². The average Bonchev–Trinajstić information content (AvgIpc) is 3.07. The Balaban J connectivity index is 1.89. The third-order valence-electron chi connectivity index (χ3n) is 4.37. The van der Waals surface area contributed by atoms with Gasteiger partial charge in [0.15, 0.2) is 5.82 Å². The van der Waals surface area contributed by atoms with E-state index >= 15 is 0 Å². The van der Waals surface area contributed by atoms with Gasteiger partial charge in [0.1, 0.15) is 0 Å². The molecule has 1 aliphatic heterocycles. The number of likely N-dealkylation sites (tertiary alicyclic amines) is 1. The van der Waals surface area contributed by atoms with Gasteiger partial charge < -0.3 is 4.90 Å². The Morgan fingerprint density at radius 3 is 2.48 bits per heavy atom. The highest BCUT2D eigenvalue weighted by atomic mass is 19.3. The van der Waals surface area contributed by atoms with Gasteiger partial charge in [-0.2, -0.15) is 13.9 Å². The number of halogens is 2. The lowest BCUT2D eigenvalue weighted by Gasteiger charge is -2.28. The highest BCUT2D eigenvalue weighted by Crippen LogP contribution is 2.26. The molecule has 0 N–H and O–H groups in total. The van der Waals surface area contributed by atoms with Crippen LogP contribution >= 0.6 is 0 Å². The number of carbonyl (C=O) groups excluding carboxylic acids is 1. The highest BCUT2D eigenvalue weighted by molar-refractivity contribution is 5.95. The number of rotatable bonds is 3. The SMILES string of the molecule is CC(C)c1c(C(=O)N2CCC(=C(F)F)CC2)cnn1-c1ccccn1. The zero-order valence-corrected chi connectivity index (χ0v) is 14.2. The zero-order chi connectivity index (χ0) is 18.0. The monoisotopic (exact) mass is 346 g/mol. The van der Waals surface area contributed by atoms with Crippen molar-refractivity contribution in [1.82, 2.24) is 19.7 Å². The Bertz CT molecular complexity index is 785. The summed E-state index contributed by atoms with van der Waals surface area (Å²) in [4.78, 5) is 18.8. The van der Waals surface area contributed by atoms with Gasteiger partial charge >= 0.3 is 0 Å². The lowest BCUT2D eigenvalue weighted by atomic mass is 10.0. The molecule has 0 aliphatic carbocycles. The van der Waals surface area contributed by atoms with Crippen LogP contribution in [0.3, 0.4) is 0 Å². The maximum absolute atomic E-state index is 12.9. The van der Waals surface area contributed by atoms with E-state index < -0.39 is 6.08 Å². The maximum Gasteiger partial charge on any atom is 0.269 e. The van der Waals surface area contributed by atoms with Crippen LogP contribution in [0.1, 0.15) is 48.7 Å². The first-order valence-electron chi connectivity index (χ1n) is 8.30. The van der Waals surface area contributed by atoms with Gasteiger partial charge in [-0.05, 0) is 36.5 Å². The summed E-state index contributed by atoms with van der Waals surface area (Å²) < 4.78 is 27.1. The summed E-state index contributed by atoms with van der Waals surface area (Å²) in [6, 6.07) is 5.51. The zero-order valence-electron chi connectivity index (χ0n) is 14.2. The van der Waals surface area contributed by atoms with Crippen molar-refractivity contribution in [1.29, 1.82) is 0 Å². The van der Waals surface area contributed by atoms with Crippen LogP contribution in [0.4, 0.5) is 8.78 Å². The average molecular weight is 346 g/mol. The van der Waals surface area contributed by atoms with Gasteiger partial charge in [0.05, 0.1) is 17.5 Å². The van der Waals surface area contributed by atoms with Gasteiger partial charge in [-0.1, -0.05) is 19.9 Å². The molecule has 0 saturated carbocycles. The van der Waals surface area contributed by atoms with Crippen molar-refractivity contribution in [3.05, 3.63) is 53.5 Å². The van der Waals surface area contributed by atoms with Crippen molar-refractivity contribution in [3.63, 3.8) is 0 Å². The first-order chi connectivity index (χ1) is 12.0. The number of pyridine rings is 1. The molecule has 0 unspecified atom stereocenters. The van der Waals surface area contributed by atoms with Gasteiger partial charge in [0.25, 0.3) is 12.0 Å². The lowest BCUT2D eigenvalue weighted by Crippen LogP contribution is -2.37. The minimum absolute atomic E-state index is 0.0620. The van der Waals surface area contributed by atoms with Crippen molar-refractivity contribution in [3.8, 4) is 5.82 Å². The van der Waals surface area contributed by atoms with Crippen LogP contribution in [0.15, 0.2) is 42.2 Å². The molecule has 0 atom stereocenters. The van der Waals surface area contributed by atoms with E-state index in [1.165, 1.54) is 0 Å². The van der Waals surface area contributed by atoms with E-state index in [9.17, 15) is 13.6 Å². The fraction of sp³-hybridized carbons (Fsp3) is 0.389. The van der Waals surface area contributed by atoms with Crippen LogP contribution in [0.25, 0.3) is 5.82 Å².